The molecule has 0 atom stereocenters. The largest absolute Gasteiger partial charge is 0.496 e. The van der Waals surface area contributed by atoms with Gasteiger partial charge in [-0.3, -0.25) is 4.79 Å². The van der Waals surface area contributed by atoms with Gasteiger partial charge in [-0.2, -0.15) is 0 Å². The van der Waals surface area contributed by atoms with E-state index in [9.17, 15) is 4.79 Å². The maximum Gasteiger partial charge on any atom is 0.289 e. The Kier molecular flexibility index (Phi) is 2.99. The number of nitrogens with zero attached hydrogens (tertiary/aromatic N) is 1. The van der Waals surface area contributed by atoms with Crippen LogP contribution in [0.25, 0.3) is 0 Å². The molecule has 1 amide bonds. The van der Waals surface area contributed by atoms with Crippen LogP contribution in [0.15, 0.2) is 41.0 Å². The van der Waals surface area contributed by atoms with E-state index in [4.69, 9.17) is 9.15 Å². The van der Waals surface area contributed by atoms with Crippen molar-refractivity contribution in [2.75, 3.05) is 13.7 Å². The van der Waals surface area contributed by atoms with Crippen LogP contribution in [0.4, 0.5) is 0 Å². The number of furan rings is 1. The Morgan fingerprint density at radius 2 is 2.21 bits per heavy atom. The van der Waals surface area contributed by atoms with Crippen molar-refractivity contribution in [1.82, 2.24) is 4.90 Å². The predicted molar refractivity (Wildman–Crippen MR) is 70.1 cm³/mol. The third-order valence-electron chi connectivity index (χ3n) is 3.47. The van der Waals surface area contributed by atoms with E-state index in [0.29, 0.717) is 18.8 Å². The summed E-state index contributed by atoms with van der Waals surface area (Å²) in [5, 5.41) is 0. The summed E-state index contributed by atoms with van der Waals surface area (Å²) >= 11 is 0. The van der Waals surface area contributed by atoms with Crippen molar-refractivity contribution in [2.45, 2.75) is 13.0 Å². The molecule has 19 heavy (non-hydrogen) atoms. The van der Waals surface area contributed by atoms with Crippen LogP contribution in [0, 0.1) is 0 Å². The average Bonchev–Trinajstić information content (AvgIpc) is 2.99. The molecule has 0 N–H and O–H groups in total. The fourth-order valence-corrected chi connectivity index (χ4v) is 2.47. The smallest absolute Gasteiger partial charge is 0.289 e. The Labute approximate surface area is 111 Å². The van der Waals surface area contributed by atoms with E-state index < -0.39 is 0 Å². The number of carbonyl (C=O) groups excluding carboxylic acids is 1. The normalized spacial score (nSPS) is 14.1. The van der Waals surface area contributed by atoms with Crippen LogP contribution in [0.2, 0.25) is 0 Å². The molecule has 4 nitrogen and oxygen atoms in total. The molecule has 0 saturated carbocycles. The topological polar surface area (TPSA) is 42.7 Å². The zero-order chi connectivity index (χ0) is 13.2. The molecule has 4 heteroatoms. The highest BCUT2D eigenvalue weighted by molar-refractivity contribution is 5.91. The lowest BCUT2D eigenvalue weighted by Crippen LogP contribution is -2.35. The molecule has 0 radical (unpaired) electrons. The molecule has 2 heterocycles. The van der Waals surface area contributed by atoms with Gasteiger partial charge in [0.1, 0.15) is 5.75 Å². The van der Waals surface area contributed by atoms with Crippen molar-refractivity contribution in [3.8, 4) is 5.75 Å². The van der Waals surface area contributed by atoms with Gasteiger partial charge >= 0.3 is 0 Å². The molecule has 0 spiro atoms. The number of hydrogen-bond acceptors (Lipinski definition) is 3. The molecular weight excluding hydrogens is 242 g/mol. The van der Waals surface area contributed by atoms with Crippen molar-refractivity contribution >= 4 is 5.91 Å². The van der Waals surface area contributed by atoms with Crippen LogP contribution >= 0.6 is 0 Å². The minimum atomic E-state index is -0.0680. The molecule has 3 rings (SSSR count). The van der Waals surface area contributed by atoms with Crippen LogP contribution in [-0.4, -0.2) is 24.5 Å². The zero-order valence-electron chi connectivity index (χ0n) is 10.8. The molecule has 1 aliphatic rings. The standard InChI is InChI=1S/C15H15NO3/c1-18-13-5-2-4-11-7-8-16(10-12(11)13)15(17)14-6-3-9-19-14/h2-6,9H,7-8,10H2,1H3. The van der Waals surface area contributed by atoms with Crippen molar-refractivity contribution in [1.29, 1.82) is 0 Å². The lowest BCUT2D eigenvalue weighted by Gasteiger charge is -2.29. The summed E-state index contributed by atoms with van der Waals surface area (Å²) in [5.74, 6) is 1.16. The summed E-state index contributed by atoms with van der Waals surface area (Å²) in [4.78, 5) is 14.1. The van der Waals surface area contributed by atoms with E-state index in [-0.39, 0.29) is 5.91 Å². The molecule has 1 aromatic heterocycles. The number of methoxy groups -OCH3 is 1. The third kappa shape index (κ3) is 2.10. The Bertz CT molecular complexity index is 575. The first kappa shape index (κ1) is 11.8. The Hall–Kier alpha value is -2.23. The fourth-order valence-electron chi connectivity index (χ4n) is 2.47. The van der Waals surface area contributed by atoms with Gasteiger partial charge in [-0.15, -0.1) is 0 Å². The van der Waals surface area contributed by atoms with Gasteiger partial charge < -0.3 is 14.1 Å². The molecule has 98 valence electrons. The van der Waals surface area contributed by atoms with Gasteiger partial charge in [-0.05, 0) is 30.2 Å². The second-order valence-electron chi connectivity index (χ2n) is 4.55. The molecule has 0 bridgehead atoms. The van der Waals surface area contributed by atoms with Crippen LogP contribution in [0.1, 0.15) is 21.7 Å². The highest BCUT2D eigenvalue weighted by atomic mass is 16.5. The van der Waals surface area contributed by atoms with E-state index in [1.807, 2.05) is 12.1 Å². The maximum atomic E-state index is 12.3. The molecule has 0 fully saturated rings. The Morgan fingerprint density at radius 3 is 2.95 bits per heavy atom. The van der Waals surface area contributed by atoms with Gasteiger partial charge in [0.25, 0.3) is 5.91 Å². The summed E-state index contributed by atoms with van der Waals surface area (Å²) in [6.07, 6.45) is 2.37. The SMILES string of the molecule is COc1cccc2c1CN(C(=O)c1ccco1)CC2. The first-order valence-corrected chi connectivity index (χ1v) is 6.27. The van der Waals surface area contributed by atoms with Crippen molar-refractivity contribution in [2.24, 2.45) is 0 Å². The van der Waals surface area contributed by atoms with Gasteiger partial charge in [0, 0.05) is 12.1 Å². The van der Waals surface area contributed by atoms with Gasteiger partial charge in [-0.1, -0.05) is 12.1 Å². The summed E-state index contributed by atoms with van der Waals surface area (Å²) in [6.45, 7) is 1.28. The van der Waals surface area contributed by atoms with E-state index in [1.165, 1.54) is 11.8 Å². The van der Waals surface area contributed by atoms with Crippen molar-refractivity contribution in [3.63, 3.8) is 0 Å². The van der Waals surface area contributed by atoms with Gasteiger partial charge in [0.15, 0.2) is 5.76 Å². The summed E-state index contributed by atoms with van der Waals surface area (Å²) in [6, 6.07) is 9.43. The van der Waals surface area contributed by atoms with Crippen LogP contribution < -0.4 is 4.74 Å². The minimum absolute atomic E-state index is 0.0680. The lowest BCUT2D eigenvalue weighted by molar-refractivity contribution is 0.0701. The first-order valence-electron chi connectivity index (χ1n) is 6.27. The highest BCUT2D eigenvalue weighted by Gasteiger charge is 2.25. The molecule has 0 unspecified atom stereocenters. The number of amides is 1. The molecular formula is C15H15NO3. The lowest BCUT2D eigenvalue weighted by atomic mass is 9.98. The second kappa shape index (κ2) is 4.80. The average molecular weight is 257 g/mol. The first-order chi connectivity index (χ1) is 9.29. The fraction of sp³-hybridized carbons (Fsp3) is 0.267. The van der Waals surface area contributed by atoms with Gasteiger partial charge in [0.05, 0.1) is 19.9 Å². The number of carbonyl (C=O) groups is 1. The molecule has 1 aromatic carbocycles. The number of benzene rings is 1. The van der Waals surface area contributed by atoms with Crippen LogP contribution in [0.5, 0.6) is 5.75 Å². The predicted octanol–water partition coefficient (Wildman–Crippen LogP) is 2.49. The van der Waals surface area contributed by atoms with Gasteiger partial charge in [-0.25, -0.2) is 0 Å². The van der Waals surface area contributed by atoms with Crippen molar-refractivity contribution in [3.05, 3.63) is 53.5 Å². The van der Waals surface area contributed by atoms with E-state index in [1.54, 1.807) is 24.1 Å². The highest BCUT2D eigenvalue weighted by Crippen LogP contribution is 2.28. The summed E-state index contributed by atoms with van der Waals surface area (Å²) < 4.78 is 10.5. The van der Waals surface area contributed by atoms with Crippen LogP contribution in [0.3, 0.4) is 0 Å². The molecule has 2 aromatic rings. The zero-order valence-corrected chi connectivity index (χ0v) is 10.8. The number of fused-ring (bicyclic) bond motifs is 1. The van der Waals surface area contributed by atoms with Crippen molar-refractivity contribution < 1.29 is 13.9 Å². The van der Waals surface area contributed by atoms with Crippen LogP contribution in [-0.2, 0) is 13.0 Å². The Balaban J connectivity index is 1.87. The third-order valence-corrected chi connectivity index (χ3v) is 3.47. The number of hydrogen-bond donors (Lipinski definition) is 0. The maximum absolute atomic E-state index is 12.3. The monoisotopic (exact) mass is 257 g/mol. The van der Waals surface area contributed by atoms with Gasteiger partial charge in [0.2, 0.25) is 0 Å². The summed E-state index contributed by atoms with van der Waals surface area (Å²) in [5.41, 5.74) is 2.35. The Morgan fingerprint density at radius 1 is 1.32 bits per heavy atom. The van der Waals surface area contributed by atoms with E-state index in [2.05, 4.69) is 6.07 Å². The van der Waals surface area contributed by atoms with E-state index in [0.717, 1.165) is 17.7 Å². The summed E-state index contributed by atoms with van der Waals surface area (Å²) in [7, 11) is 1.66. The molecule has 1 aliphatic heterocycles. The molecule has 0 saturated heterocycles. The quantitative estimate of drug-likeness (QED) is 0.830. The minimum Gasteiger partial charge on any atom is -0.496 e. The number of ether oxygens (including phenoxy) is 1. The van der Waals surface area contributed by atoms with E-state index >= 15 is 0 Å². The molecule has 0 aliphatic carbocycles. The number of rotatable bonds is 2. The second-order valence-corrected chi connectivity index (χ2v) is 4.55.